The number of nitrogens with zero attached hydrogens (tertiary/aromatic N) is 2. The molecule has 0 unspecified atom stereocenters. The molecule has 5 nitrogen and oxygen atoms in total. The summed E-state index contributed by atoms with van der Waals surface area (Å²) in [7, 11) is 0. The lowest BCUT2D eigenvalue weighted by Gasteiger charge is -2.41. The van der Waals surface area contributed by atoms with Crippen molar-refractivity contribution in [2.24, 2.45) is 5.41 Å². The van der Waals surface area contributed by atoms with Gasteiger partial charge >= 0.3 is 0 Å². The smallest absolute Gasteiger partial charge is 0.0558 e. The largest absolute Gasteiger partial charge is 0.395 e. The topological polar surface area (TPSA) is 48.0 Å². The van der Waals surface area contributed by atoms with E-state index in [1.165, 1.54) is 32.4 Å². The van der Waals surface area contributed by atoms with E-state index < -0.39 is 0 Å². The van der Waals surface area contributed by atoms with Crippen molar-refractivity contribution in [2.75, 3.05) is 72.2 Å². The van der Waals surface area contributed by atoms with E-state index in [-0.39, 0.29) is 6.61 Å². The highest BCUT2D eigenvalue weighted by molar-refractivity contribution is 4.88. The van der Waals surface area contributed by atoms with E-state index in [4.69, 9.17) is 9.84 Å². The number of aliphatic hydroxyl groups is 1. The van der Waals surface area contributed by atoms with Crippen LogP contribution in [0.3, 0.4) is 0 Å². The molecular formula is C16H33N3O2. The van der Waals surface area contributed by atoms with E-state index >= 15 is 0 Å². The van der Waals surface area contributed by atoms with Crippen molar-refractivity contribution in [2.45, 2.75) is 26.2 Å². The van der Waals surface area contributed by atoms with Crippen LogP contribution in [0.2, 0.25) is 0 Å². The molecule has 0 aliphatic carbocycles. The maximum absolute atomic E-state index is 9.10. The maximum Gasteiger partial charge on any atom is 0.0558 e. The summed E-state index contributed by atoms with van der Waals surface area (Å²) >= 11 is 0. The average molecular weight is 299 g/mol. The highest BCUT2D eigenvalue weighted by Gasteiger charge is 2.34. The van der Waals surface area contributed by atoms with Crippen LogP contribution in [-0.4, -0.2) is 87.1 Å². The first-order valence-electron chi connectivity index (χ1n) is 8.62. The van der Waals surface area contributed by atoms with Crippen molar-refractivity contribution < 1.29 is 9.84 Å². The van der Waals surface area contributed by atoms with Crippen molar-refractivity contribution in [3.05, 3.63) is 0 Å². The van der Waals surface area contributed by atoms with E-state index in [1.807, 2.05) is 0 Å². The van der Waals surface area contributed by atoms with Gasteiger partial charge in [0.15, 0.2) is 0 Å². The average Bonchev–Trinajstić information content (AvgIpc) is 2.72. The lowest BCUT2D eigenvalue weighted by molar-refractivity contribution is -0.00361. The Morgan fingerprint density at radius 2 is 1.81 bits per heavy atom. The van der Waals surface area contributed by atoms with Crippen LogP contribution in [0.4, 0.5) is 0 Å². The molecule has 0 spiro atoms. The molecule has 5 heteroatoms. The van der Waals surface area contributed by atoms with Crippen molar-refractivity contribution >= 4 is 0 Å². The van der Waals surface area contributed by atoms with Crippen LogP contribution < -0.4 is 5.32 Å². The molecule has 0 aromatic heterocycles. The number of β-amino-alcohol motifs (C(OH)–C–C–N with tert-alkyl or cyclic N) is 1. The molecule has 0 aromatic rings. The first kappa shape index (κ1) is 17.2. The molecule has 2 aliphatic heterocycles. The third-order valence-corrected chi connectivity index (χ3v) is 4.96. The first-order valence-corrected chi connectivity index (χ1v) is 8.62. The van der Waals surface area contributed by atoms with E-state index in [0.717, 1.165) is 52.5 Å². The van der Waals surface area contributed by atoms with Gasteiger partial charge in [-0.15, -0.1) is 0 Å². The number of aliphatic hydroxyl groups excluding tert-OH is 1. The van der Waals surface area contributed by atoms with Crippen LogP contribution in [0.15, 0.2) is 0 Å². The lowest BCUT2D eigenvalue weighted by atomic mass is 9.79. The summed E-state index contributed by atoms with van der Waals surface area (Å²) in [5, 5.41) is 12.7. The second-order valence-electron chi connectivity index (χ2n) is 6.59. The summed E-state index contributed by atoms with van der Waals surface area (Å²) in [5.41, 5.74) is 0.389. The van der Waals surface area contributed by atoms with Gasteiger partial charge in [0.1, 0.15) is 0 Å². The maximum atomic E-state index is 9.10. The Labute approximate surface area is 129 Å². The van der Waals surface area contributed by atoms with Crippen molar-refractivity contribution in [3.63, 3.8) is 0 Å². The van der Waals surface area contributed by atoms with Crippen LogP contribution >= 0.6 is 0 Å². The monoisotopic (exact) mass is 299 g/mol. The molecular weight excluding hydrogens is 266 g/mol. The molecule has 2 fully saturated rings. The molecule has 0 aromatic carbocycles. The second-order valence-corrected chi connectivity index (χ2v) is 6.59. The number of hydrogen-bond acceptors (Lipinski definition) is 5. The van der Waals surface area contributed by atoms with Gasteiger partial charge in [0.25, 0.3) is 0 Å². The fourth-order valence-corrected chi connectivity index (χ4v) is 3.61. The molecule has 0 atom stereocenters. The number of ether oxygens (including phenoxy) is 1. The Kier molecular flexibility index (Phi) is 7.40. The molecule has 2 rings (SSSR count). The SMILES string of the molecule is CCNCC1(CN2CCCN(CCO)CC2)CCOCC1. The lowest BCUT2D eigenvalue weighted by Crippen LogP contribution is -2.48. The summed E-state index contributed by atoms with van der Waals surface area (Å²) < 4.78 is 5.59. The van der Waals surface area contributed by atoms with E-state index in [2.05, 4.69) is 22.0 Å². The summed E-state index contributed by atoms with van der Waals surface area (Å²) in [4.78, 5) is 5.03. The molecule has 0 bridgehead atoms. The molecule has 2 heterocycles. The van der Waals surface area contributed by atoms with Gasteiger partial charge in [-0.2, -0.15) is 0 Å². The van der Waals surface area contributed by atoms with Crippen LogP contribution in [0.5, 0.6) is 0 Å². The zero-order valence-electron chi connectivity index (χ0n) is 13.6. The Morgan fingerprint density at radius 3 is 2.52 bits per heavy atom. The van der Waals surface area contributed by atoms with Gasteiger partial charge in [0, 0.05) is 45.9 Å². The minimum absolute atomic E-state index is 0.279. The van der Waals surface area contributed by atoms with Gasteiger partial charge in [0.05, 0.1) is 6.61 Å². The van der Waals surface area contributed by atoms with E-state index in [0.29, 0.717) is 5.41 Å². The summed E-state index contributed by atoms with van der Waals surface area (Å²) in [6.07, 6.45) is 3.57. The van der Waals surface area contributed by atoms with Crippen LogP contribution in [0.25, 0.3) is 0 Å². The van der Waals surface area contributed by atoms with Crippen LogP contribution in [-0.2, 0) is 4.74 Å². The molecule has 124 valence electrons. The fraction of sp³-hybridized carbons (Fsp3) is 1.00. The third kappa shape index (κ3) is 5.49. The molecule has 2 aliphatic rings. The van der Waals surface area contributed by atoms with Gasteiger partial charge in [0.2, 0.25) is 0 Å². The number of rotatable bonds is 7. The van der Waals surface area contributed by atoms with Crippen molar-refractivity contribution in [1.82, 2.24) is 15.1 Å². The highest BCUT2D eigenvalue weighted by Crippen LogP contribution is 2.31. The standard InChI is InChI=1S/C16H33N3O2/c1-2-17-14-16(4-12-21-13-5-16)15-19-7-3-6-18(8-9-19)10-11-20/h17,20H,2-15H2,1H3. The number of hydrogen-bond donors (Lipinski definition) is 2. The Balaban J connectivity index is 1.87. The van der Waals surface area contributed by atoms with Gasteiger partial charge in [-0.05, 0) is 44.3 Å². The molecule has 0 amide bonds. The zero-order chi connectivity index (χ0) is 15.0. The summed E-state index contributed by atoms with van der Waals surface area (Å²) in [6, 6.07) is 0. The molecule has 21 heavy (non-hydrogen) atoms. The van der Waals surface area contributed by atoms with Gasteiger partial charge in [-0.1, -0.05) is 6.92 Å². The van der Waals surface area contributed by atoms with Crippen LogP contribution in [0.1, 0.15) is 26.2 Å². The van der Waals surface area contributed by atoms with Crippen molar-refractivity contribution in [3.8, 4) is 0 Å². The zero-order valence-corrected chi connectivity index (χ0v) is 13.6. The normalized spacial score (nSPS) is 24.9. The quantitative estimate of drug-likeness (QED) is 0.712. The number of nitrogens with one attached hydrogen (secondary N) is 1. The minimum atomic E-state index is 0.279. The first-order chi connectivity index (χ1) is 10.3. The third-order valence-electron chi connectivity index (χ3n) is 4.96. The second kappa shape index (κ2) is 9.06. The van der Waals surface area contributed by atoms with E-state index in [1.54, 1.807) is 0 Å². The van der Waals surface area contributed by atoms with Crippen molar-refractivity contribution in [1.29, 1.82) is 0 Å². The predicted octanol–water partition coefficient (Wildman–Crippen LogP) is 0.393. The Morgan fingerprint density at radius 1 is 1.10 bits per heavy atom. The molecule has 2 N–H and O–H groups in total. The Bertz CT molecular complexity index is 283. The molecule has 0 radical (unpaired) electrons. The van der Waals surface area contributed by atoms with Gasteiger partial charge < -0.3 is 20.1 Å². The molecule has 0 saturated carbocycles. The van der Waals surface area contributed by atoms with E-state index in [9.17, 15) is 0 Å². The molecule has 2 saturated heterocycles. The fourth-order valence-electron chi connectivity index (χ4n) is 3.61. The summed E-state index contributed by atoms with van der Waals surface area (Å²) in [5.74, 6) is 0. The highest BCUT2D eigenvalue weighted by atomic mass is 16.5. The van der Waals surface area contributed by atoms with Gasteiger partial charge in [-0.3, -0.25) is 4.90 Å². The Hall–Kier alpha value is -0.200. The summed E-state index contributed by atoms with van der Waals surface area (Å²) in [6.45, 7) is 13.0. The van der Waals surface area contributed by atoms with Crippen LogP contribution in [0, 0.1) is 5.41 Å². The van der Waals surface area contributed by atoms with Gasteiger partial charge in [-0.25, -0.2) is 0 Å². The predicted molar refractivity (Wildman–Crippen MR) is 85.6 cm³/mol. The minimum Gasteiger partial charge on any atom is -0.395 e.